The van der Waals surface area contributed by atoms with Crippen LogP contribution in [0, 0.1) is 23.2 Å². The second-order valence-corrected chi connectivity index (χ2v) is 5.24. The third-order valence-electron chi connectivity index (χ3n) is 2.39. The molecule has 11 heavy (non-hydrogen) atoms. The lowest BCUT2D eigenvalue weighted by Gasteiger charge is -2.00. The van der Waals surface area contributed by atoms with Gasteiger partial charge >= 0.3 is 0 Å². The van der Waals surface area contributed by atoms with Gasteiger partial charge in [-0.2, -0.15) is 0 Å². The van der Waals surface area contributed by atoms with Gasteiger partial charge in [-0.05, 0) is 19.8 Å². The summed E-state index contributed by atoms with van der Waals surface area (Å²) in [6.07, 6.45) is 3.35. The predicted molar refractivity (Wildman–Crippen MR) is 47.7 cm³/mol. The monoisotopic (exact) mass is 188 g/mol. The molecular weight excluding hydrogens is 179 g/mol. The Morgan fingerprint density at radius 3 is 2.27 bits per heavy atom. The topological polar surface area (TPSA) is 0 Å². The zero-order valence-electron chi connectivity index (χ0n) is 6.45. The SMILES string of the molecule is CC1(C#CC2CC2)CC1(Cl)Cl. The van der Waals surface area contributed by atoms with E-state index < -0.39 is 4.33 Å². The maximum absolute atomic E-state index is 5.92. The van der Waals surface area contributed by atoms with Gasteiger partial charge in [0.2, 0.25) is 0 Å². The fraction of sp³-hybridized carbons (Fsp3) is 0.778. The highest BCUT2D eigenvalue weighted by atomic mass is 35.5. The highest BCUT2D eigenvalue weighted by Gasteiger charge is 2.62. The lowest BCUT2D eigenvalue weighted by Crippen LogP contribution is -2.00. The molecule has 2 rings (SSSR count). The van der Waals surface area contributed by atoms with E-state index in [0.717, 1.165) is 6.42 Å². The molecule has 60 valence electrons. The van der Waals surface area contributed by atoms with Crippen LogP contribution in [0.15, 0.2) is 0 Å². The summed E-state index contributed by atoms with van der Waals surface area (Å²) >= 11 is 11.8. The zero-order chi connectivity index (χ0) is 8.11. The Kier molecular flexibility index (Phi) is 1.48. The molecule has 2 fully saturated rings. The van der Waals surface area contributed by atoms with Crippen LogP contribution in [0.2, 0.25) is 0 Å². The Balaban J connectivity index is 2.03. The van der Waals surface area contributed by atoms with Crippen LogP contribution in [0.5, 0.6) is 0 Å². The molecule has 1 atom stereocenters. The fourth-order valence-corrected chi connectivity index (χ4v) is 1.65. The van der Waals surface area contributed by atoms with Crippen molar-refractivity contribution >= 4 is 23.2 Å². The van der Waals surface area contributed by atoms with Crippen LogP contribution in [0.3, 0.4) is 0 Å². The van der Waals surface area contributed by atoms with Crippen LogP contribution in [0.1, 0.15) is 26.2 Å². The van der Waals surface area contributed by atoms with Crippen LogP contribution in [-0.2, 0) is 0 Å². The zero-order valence-corrected chi connectivity index (χ0v) is 7.97. The second-order valence-electron chi connectivity index (χ2n) is 3.76. The van der Waals surface area contributed by atoms with Gasteiger partial charge in [0, 0.05) is 12.3 Å². The summed E-state index contributed by atoms with van der Waals surface area (Å²) in [4.78, 5) is 0. The van der Waals surface area contributed by atoms with Crippen LogP contribution in [0.25, 0.3) is 0 Å². The predicted octanol–water partition coefficient (Wildman–Crippen LogP) is 2.98. The Bertz CT molecular complexity index is 242. The third kappa shape index (κ3) is 1.37. The van der Waals surface area contributed by atoms with Gasteiger partial charge < -0.3 is 0 Å². The average Bonchev–Trinajstić information content (AvgIpc) is 2.69. The third-order valence-corrected chi connectivity index (χ3v) is 3.49. The first-order valence-electron chi connectivity index (χ1n) is 3.94. The molecule has 0 aromatic carbocycles. The average molecular weight is 189 g/mol. The van der Waals surface area contributed by atoms with E-state index in [2.05, 4.69) is 11.8 Å². The van der Waals surface area contributed by atoms with Crippen molar-refractivity contribution in [3.05, 3.63) is 0 Å². The van der Waals surface area contributed by atoms with E-state index in [1.165, 1.54) is 12.8 Å². The highest BCUT2D eigenvalue weighted by molar-refractivity contribution is 6.51. The van der Waals surface area contributed by atoms with Crippen molar-refractivity contribution in [2.75, 3.05) is 0 Å². The summed E-state index contributed by atoms with van der Waals surface area (Å²) in [5.41, 5.74) is -0.112. The van der Waals surface area contributed by atoms with Gasteiger partial charge in [-0.1, -0.05) is 35.0 Å². The summed E-state index contributed by atoms with van der Waals surface area (Å²) in [7, 11) is 0. The van der Waals surface area contributed by atoms with E-state index in [1.54, 1.807) is 0 Å². The number of alkyl halides is 2. The molecule has 2 saturated carbocycles. The minimum Gasteiger partial charge on any atom is -0.0999 e. The van der Waals surface area contributed by atoms with Crippen LogP contribution < -0.4 is 0 Å². The number of hydrogen-bond donors (Lipinski definition) is 0. The first-order valence-corrected chi connectivity index (χ1v) is 4.70. The Hall–Kier alpha value is 0.140. The van der Waals surface area contributed by atoms with E-state index in [-0.39, 0.29) is 5.41 Å². The molecule has 0 aromatic heterocycles. The summed E-state index contributed by atoms with van der Waals surface area (Å²) in [6, 6.07) is 0. The summed E-state index contributed by atoms with van der Waals surface area (Å²) < 4.78 is -0.561. The van der Waals surface area contributed by atoms with E-state index >= 15 is 0 Å². The highest BCUT2D eigenvalue weighted by Crippen LogP contribution is 2.63. The van der Waals surface area contributed by atoms with Crippen LogP contribution in [0.4, 0.5) is 0 Å². The molecule has 0 bridgehead atoms. The molecule has 2 aliphatic carbocycles. The van der Waals surface area contributed by atoms with E-state index in [4.69, 9.17) is 23.2 Å². The van der Waals surface area contributed by atoms with Crippen molar-refractivity contribution < 1.29 is 0 Å². The molecule has 0 spiro atoms. The molecule has 2 heteroatoms. The molecule has 0 amide bonds. The summed E-state index contributed by atoms with van der Waals surface area (Å²) in [6.45, 7) is 2.03. The molecule has 0 radical (unpaired) electrons. The van der Waals surface area contributed by atoms with Crippen molar-refractivity contribution in [2.24, 2.45) is 11.3 Å². The first kappa shape index (κ1) is 7.77. The van der Waals surface area contributed by atoms with Gasteiger partial charge in [0.1, 0.15) is 4.33 Å². The van der Waals surface area contributed by atoms with E-state index in [9.17, 15) is 0 Å². The second kappa shape index (κ2) is 2.09. The number of halogens is 2. The van der Waals surface area contributed by atoms with Gasteiger partial charge in [0.25, 0.3) is 0 Å². The van der Waals surface area contributed by atoms with Crippen LogP contribution in [-0.4, -0.2) is 4.33 Å². The Labute approximate surface area is 77.3 Å². The molecule has 0 aromatic rings. The molecule has 0 nitrogen and oxygen atoms in total. The quantitative estimate of drug-likeness (QED) is 0.406. The smallest absolute Gasteiger partial charge is 0.0999 e. The summed E-state index contributed by atoms with van der Waals surface area (Å²) in [5.74, 6) is 7.02. The van der Waals surface area contributed by atoms with E-state index in [0.29, 0.717) is 5.92 Å². The van der Waals surface area contributed by atoms with E-state index in [1.807, 2.05) is 6.92 Å². The minimum absolute atomic E-state index is 0.112. The van der Waals surface area contributed by atoms with Gasteiger partial charge in [-0.25, -0.2) is 0 Å². The van der Waals surface area contributed by atoms with Crippen LogP contribution >= 0.6 is 23.2 Å². The molecule has 2 aliphatic rings. The first-order chi connectivity index (χ1) is 5.04. The van der Waals surface area contributed by atoms with Gasteiger partial charge in [-0.15, -0.1) is 0 Å². The maximum atomic E-state index is 5.92. The Morgan fingerprint density at radius 2 is 1.91 bits per heavy atom. The van der Waals surface area contributed by atoms with Crippen molar-refractivity contribution in [2.45, 2.75) is 30.5 Å². The molecular formula is C9H10Cl2. The van der Waals surface area contributed by atoms with Crippen molar-refractivity contribution in [1.82, 2.24) is 0 Å². The largest absolute Gasteiger partial charge is 0.136 e. The molecule has 0 saturated heterocycles. The van der Waals surface area contributed by atoms with Gasteiger partial charge in [-0.3, -0.25) is 0 Å². The lowest BCUT2D eigenvalue weighted by molar-refractivity contribution is 0.765. The normalized spacial score (nSPS) is 39.2. The van der Waals surface area contributed by atoms with Crippen molar-refractivity contribution in [3.63, 3.8) is 0 Å². The molecule has 0 heterocycles. The van der Waals surface area contributed by atoms with Gasteiger partial charge in [0.15, 0.2) is 0 Å². The number of hydrogen-bond acceptors (Lipinski definition) is 0. The van der Waals surface area contributed by atoms with Crippen molar-refractivity contribution in [1.29, 1.82) is 0 Å². The molecule has 1 unspecified atom stereocenters. The molecule has 0 aliphatic heterocycles. The standard InChI is InChI=1S/C9H10Cl2/c1-8(6-9(8,10)11)5-4-7-2-3-7/h7H,2-3,6H2,1H3. The maximum Gasteiger partial charge on any atom is 0.136 e. The fourth-order valence-electron chi connectivity index (χ4n) is 1.02. The number of rotatable bonds is 0. The van der Waals surface area contributed by atoms with Crippen molar-refractivity contribution in [3.8, 4) is 11.8 Å². The Morgan fingerprint density at radius 1 is 1.36 bits per heavy atom. The summed E-state index contributed by atoms with van der Waals surface area (Å²) in [5, 5.41) is 0. The lowest BCUT2D eigenvalue weighted by atomic mass is 10.1. The minimum atomic E-state index is -0.561. The van der Waals surface area contributed by atoms with Gasteiger partial charge in [0.05, 0.1) is 5.41 Å². The molecule has 0 N–H and O–H groups in total.